The first-order valence-corrected chi connectivity index (χ1v) is 6.40. The van der Waals surface area contributed by atoms with Crippen molar-refractivity contribution >= 4 is 5.97 Å². The third-order valence-corrected chi connectivity index (χ3v) is 3.80. The van der Waals surface area contributed by atoms with Crippen molar-refractivity contribution in [3.63, 3.8) is 0 Å². The lowest BCUT2D eigenvalue weighted by Gasteiger charge is -2.37. The quantitative estimate of drug-likeness (QED) is 0.763. The summed E-state index contributed by atoms with van der Waals surface area (Å²) in [6.45, 7) is 1.17. The summed E-state index contributed by atoms with van der Waals surface area (Å²) in [6, 6.07) is 6.02. The van der Waals surface area contributed by atoms with Gasteiger partial charge in [0.15, 0.2) is 0 Å². The second kappa shape index (κ2) is 5.39. The Bertz CT molecular complexity index is 585. The summed E-state index contributed by atoms with van der Waals surface area (Å²) in [6.07, 6.45) is 1.35. The zero-order valence-corrected chi connectivity index (χ0v) is 11.6. The number of ether oxygens (including phenoxy) is 1. The van der Waals surface area contributed by atoms with E-state index in [-0.39, 0.29) is 0 Å². The van der Waals surface area contributed by atoms with Gasteiger partial charge >= 0.3 is 12.1 Å². The van der Waals surface area contributed by atoms with E-state index < -0.39 is 23.5 Å². The van der Waals surface area contributed by atoms with Gasteiger partial charge in [0.2, 0.25) is 0 Å². The molecule has 1 aromatic rings. The molecule has 21 heavy (non-hydrogen) atoms. The molecule has 2 atom stereocenters. The van der Waals surface area contributed by atoms with Crippen molar-refractivity contribution in [3.8, 4) is 0 Å². The Kier molecular flexibility index (Phi) is 3.94. The Morgan fingerprint density at radius 1 is 1.19 bits per heavy atom. The molecular formula is C16H15F3O2. The third kappa shape index (κ3) is 2.73. The van der Waals surface area contributed by atoms with E-state index in [0.717, 1.165) is 0 Å². The van der Waals surface area contributed by atoms with Crippen LogP contribution >= 0.6 is 0 Å². The minimum Gasteiger partial charge on any atom is -0.465 e. The molecule has 5 heteroatoms. The molecule has 2 nitrogen and oxygen atoms in total. The van der Waals surface area contributed by atoms with Crippen LogP contribution in [0.15, 0.2) is 48.6 Å². The number of esters is 1. The van der Waals surface area contributed by atoms with Gasteiger partial charge in [0.05, 0.1) is 18.1 Å². The van der Waals surface area contributed by atoms with E-state index in [1.807, 2.05) is 0 Å². The molecule has 0 saturated carbocycles. The van der Waals surface area contributed by atoms with Crippen LogP contribution in [0.3, 0.4) is 0 Å². The van der Waals surface area contributed by atoms with Gasteiger partial charge in [0.25, 0.3) is 0 Å². The Labute approximate surface area is 120 Å². The number of hydrogen-bond acceptors (Lipinski definition) is 2. The smallest absolute Gasteiger partial charge is 0.398 e. The summed E-state index contributed by atoms with van der Waals surface area (Å²) >= 11 is 0. The Hall–Kier alpha value is -2.04. The van der Waals surface area contributed by atoms with Gasteiger partial charge in [0, 0.05) is 5.92 Å². The van der Waals surface area contributed by atoms with Crippen LogP contribution in [0.2, 0.25) is 0 Å². The van der Waals surface area contributed by atoms with E-state index in [4.69, 9.17) is 0 Å². The van der Waals surface area contributed by atoms with E-state index >= 15 is 0 Å². The fourth-order valence-corrected chi connectivity index (χ4v) is 2.41. The van der Waals surface area contributed by atoms with Crippen molar-refractivity contribution in [3.05, 3.63) is 59.7 Å². The summed E-state index contributed by atoms with van der Waals surface area (Å²) < 4.78 is 44.7. The summed E-state index contributed by atoms with van der Waals surface area (Å²) in [7, 11) is 1.26. The molecule has 1 aliphatic rings. The average molecular weight is 296 g/mol. The van der Waals surface area contributed by atoms with E-state index in [9.17, 15) is 18.0 Å². The standard InChI is InChI=1S/C16H15F3O2/c1-15(16(17,18)19)10-4-3-5-13(15)11-6-8-12(9-7-11)14(20)21-2/h3-10,13H,1-2H3. The second-order valence-electron chi connectivity index (χ2n) is 5.12. The van der Waals surface area contributed by atoms with Crippen molar-refractivity contribution in [1.29, 1.82) is 0 Å². The highest BCUT2D eigenvalue weighted by Gasteiger charge is 2.54. The number of benzene rings is 1. The molecule has 0 radical (unpaired) electrons. The summed E-state index contributed by atoms with van der Waals surface area (Å²) in [5, 5.41) is 0. The van der Waals surface area contributed by atoms with Crippen LogP contribution in [0.25, 0.3) is 0 Å². The molecule has 1 aromatic carbocycles. The van der Waals surface area contributed by atoms with Crippen molar-refractivity contribution in [2.45, 2.75) is 19.0 Å². The number of methoxy groups -OCH3 is 1. The first kappa shape index (κ1) is 15.4. The Balaban J connectivity index is 2.38. The number of halogens is 3. The van der Waals surface area contributed by atoms with Gasteiger partial charge in [-0.3, -0.25) is 0 Å². The van der Waals surface area contributed by atoms with E-state index in [0.29, 0.717) is 11.1 Å². The molecule has 0 aliphatic heterocycles. The highest BCUT2D eigenvalue weighted by atomic mass is 19.4. The van der Waals surface area contributed by atoms with Crippen LogP contribution in [0, 0.1) is 5.41 Å². The van der Waals surface area contributed by atoms with E-state index in [1.165, 1.54) is 56.5 Å². The van der Waals surface area contributed by atoms with Gasteiger partial charge in [-0.25, -0.2) is 4.79 Å². The van der Waals surface area contributed by atoms with Gasteiger partial charge in [-0.15, -0.1) is 0 Å². The largest absolute Gasteiger partial charge is 0.465 e. The summed E-state index contributed by atoms with van der Waals surface area (Å²) in [5.74, 6) is -1.34. The molecule has 0 spiro atoms. The zero-order chi connectivity index (χ0) is 15.7. The molecule has 0 fully saturated rings. The molecule has 1 aliphatic carbocycles. The molecule has 2 rings (SSSR count). The lowest BCUT2D eigenvalue weighted by atomic mass is 9.70. The van der Waals surface area contributed by atoms with Crippen molar-refractivity contribution in [2.24, 2.45) is 5.41 Å². The Morgan fingerprint density at radius 3 is 2.33 bits per heavy atom. The van der Waals surface area contributed by atoms with E-state index in [2.05, 4.69) is 4.74 Å². The number of carbonyl (C=O) groups is 1. The third-order valence-electron chi connectivity index (χ3n) is 3.80. The SMILES string of the molecule is COC(=O)c1ccc(C2C=CC=CC2(C)C(F)(F)F)cc1. The van der Waals surface area contributed by atoms with Crippen LogP contribution in [-0.2, 0) is 4.74 Å². The fraction of sp³-hybridized carbons (Fsp3) is 0.312. The maximum absolute atomic E-state index is 13.4. The van der Waals surface area contributed by atoms with Crippen LogP contribution < -0.4 is 0 Å². The van der Waals surface area contributed by atoms with Gasteiger partial charge in [-0.2, -0.15) is 13.2 Å². The number of allylic oxidation sites excluding steroid dienone is 4. The lowest BCUT2D eigenvalue weighted by molar-refractivity contribution is -0.204. The van der Waals surface area contributed by atoms with Gasteiger partial charge in [0.1, 0.15) is 0 Å². The number of alkyl halides is 3. The highest BCUT2D eigenvalue weighted by molar-refractivity contribution is 5.89. The van der Waals surface area contributed by atoms with Crippen LogP contribution in [0.4, 0.5) is 13.2 Å². The van der Waals surface area contributed by atoms with Crippen LogP contribution in [0.1, 0.15) is 28.8 Å². The van der Waals surface area contributed by atoms with Crippen molar-refractivity contribution in [2.75, 3.05) is 7.11 Å². The monoisotopic (exact) mass is 296 g/mol. The minimum atomic E-state index is -4.36. The number of hydrogen-bond donors (Lipinski definition) is 0. The van der Waals surface area contributed by atoms with Crippen molar-refractivity contribution < 1.29 is 22.7 Å². The molecule has 0 amide bonds. The van der Waals surface area contributed by atoms with Gasteiger partial charge in [-0.1, -0.05) is 36.4 Å². The van der Waals surface area contributed by atoms with Gasteiger partial charge < -0.3 is 4.74 Å². The number of rotatable bonds is 2. The predicted octanol–water partition coefficient (Wildman–Crippen LogP) is 4.25. The molecule has 2 unspecified atom stereocenters. The molecule has 0 N–H and O–H groups in total. The van der Waals surface area contributed by atoms with E-state index in [1.54, 1.807) is 6.08 Å². The Morgan fingerprint density at radius 2 is 1.81 bits per heavy atom. The maximum Gasteiger partial charge on any atom is 0.398 e. The maximum atomic E-state index is 13.4. The molecule has 0 heterocycles. The molecule has 0 saturated heterocycles. The predicted molar refractivity (Wildman–Crippen MR) is 73.0 cm³/mol. The molecule has 0 aromatic heterocycles. The summed E-state index contributed by atoms with van der Waals surface area (Å²) in [4.78, 5) is 11.4. The fourth-order valence-electron chi connectivity index (χ4n) is 2.41. The minimum absolute atomic E-state index is 0.310. The molecule has 0 bridgehead atoms. The lowest BCUT2D eigenvalue weighted by Crippen LogP contribution is -2.39. The normalized spacial score (nSPS) is 24.9. The topological polar surface area (TPSA) is 26.3 Å². The van der Waals surface area contributed by atoms with Crippen molar-refractivity contribution in [1.82, 2.24) is 0 Å². The summed E-state index contributed by atoms with van der Waals surface area (Å²) in [5.41, 5.74) is -1.15. The van der Waals surface area contributed by atoms with Crippen LogP contribution in [0.5, 0.6) is 0 Å². The first-order chi connectivity index (χ1) is 9.79. The van der Waals surface area contributed by atoms with Gasteiger partial charge in [-0.05, 0) is 24.6 Å². The zero-order valence-electron chi connectivity index (χ0n) is 11.6. The molecular weight excluding hydrogens is 281 g/mol. The second-order valence-corrected chi connectivity index (χ2v) is 5.12. The highest BCUT2D eigenvalue weighted by Crippen LogP contribution is 2.51. The first-order valence-electron chi connectivity index (χ1n) is 6.40. The average Bonchev–Trinajstić information content (AvgIpc) is 2.46. The van der Waals surface area contributed by atoms with Crippen LogP contribution in [-0.4, -0.2) is 19.3 Å². The molecule has 112 valence electrons. The number of carbonyl (C=O) groups excluding carboxylic acids is 1.